The number of allylic oxidation sites excluding steroid dienone is 1. The molecular weight excluding hydrogens is 244 g/mol. The summed E-state index contributed by atoms with van der Waals surface area (Å²) in [4.78, 5) is 24.3. The number of anilines is 1. The van der Waals surface area contributed by atoms with Crippen molar-refractivity contribution in [1.82, 2.24) is 5.32 Å². The molecule has 0 saturated heterocycles. The second kappa shape index (κ2) is 6.58. The topological polar surface area (TPSA) is 69.6 Å². The minimum atomic E-state index is -1.06. The summed E-state index contributed by atoms with van der Waals surface area (Å²) in [6.45, 7) is 4.30. The van der Waals surface area contributed by atoms with Crippen molar-refractivity contribution in [3.63, 3.8) is 0 Å². The molecule has 0 aliphatic carbocycles. The molecule has 0 saturated carbocycles. The Labute approximate surface area is 112 Å². The van der Waals surface area contributed by atoms with Crippen LogP contribution in [0.15, 0.2) is 35.9 Å². The first-order valence-corrected chi connectivity index (χ1v) is 5.90. The number of hydrogen-bond donors (Lipinski definition) is 2. The first-order chi connectivity index (χ1) is 8.93. The smallest absolute Gasteiger partial charge is 0.337 e. The molecule has 0 bridgehead atoms. The van der Waals surface area contributed by atoms with Crippen molar-refractivity contribution in [3.8, 4) is 0 Å². The number of amides is 2. The first-order valence-electron chi connectivity index (χ1n) is 5.90. The summed E-state index contributed by atoms with van der Waals surface area (Å²) in [5.74, 6) is -1.06. The highest BCUT2D eigenvalue weighted by molar-refractivity contribution is 6.01. The maximum atomic E-state index is 11.9. The molecule has 0 aliphatic rings. The maximum Gasteiger partial charge on any atom is 0.337 e. The molecule has 0 fully saturated rings. The number of carboxylic acid groups (broad SMARTS) is 1. The fourth-order valence-corrected chi connectivity index (χ4v) is 1.52. The number of rotatable bonds is 4. The molecule has 1 aromatic rings. The summed E-state index contributed by atoms with van der Waals surface area (Å²) >= 11 is 0. The Morgan fingerprint density at radius 3 is 2.53 bits per heavy atom. The van der Waals surface area contributed by atoms with Crippen LogP contribution in [0.4, 0.5) is 10.5 Å². The van der Waals surface area contributed by atoms with E-state index >= 15 is 0 Å². The van der Waals surface area contributed by atoms with Gasteiger partial charge in [0.25, 0.3) is 0 Å². The fraction of sp³-hybridized carbons (Fsp3) is 0.286. The Morgan fingerprint density at radius 1 is 1.32 bits per heavy atom. The minimum absolute atomic E-state index is 0.0994. The van der Waals surface area contributed by atoms with Gasteiger partial charge in [0.2, 0.25) is 0 Å². The Morgan fingerprint density at radius 2 is 1.95 bits per heavy atom. The van der Waals surface area contributed by atoms with Gasteiger partial charge in [-0.25, -0.2) is 9.59 Å². The van der Waals surface area contributed by atoms with Gasteiger partial charge in [-0.2, -0.15) is 0 Å². The SMILES string of the molecule is CC(C)=CCNC(=O)N(C)c1ccccc1C(=O)O. The number of para-hydroxylation sites is 1. The van der Waals surface area contributed by atoms with E-state index in [-0.39, 0.29) is 11.6 Å². The number of benzene rings is 1. The van der Waals surface area contributed by atoms with Crippen molar-refractivity contribution in [1.29, 1.82) is 0 Å². The zero-order valence-electron chi connectivity index (χ0n) is 11.3. The molecule has 5 heteroatoms. The number of carbonyl (C=O) groups is 2. The molecule has 5 nitrogen and oxygen atoms in total. The molecule has 0 radical (unpaired) electrons. The second-order valence-corrected chi connectivity index (χ2v) is 4.35. The summed E-state index contributed by atoms with van der Waals surface area (Å²) < 4.78 is 0. The zero-order valence-corrected chi connectivity index (χ0v) is 11.3. The van der Waals surface area contributed by atoms with Crippen LogP contribution in [0.3, 0.4) is 0 Å². The fourth-order valence-electron chi connectivity index (χ4n) is 1.52. The second-order valence-electron chi connectivity index (χ2n) is 4.35. The van der Waals surface area contributed by atoms with E-state index < -0.39 is 5.97 Å². The largest absolute Gasteiger partial charge is 0.478 e. The molecule has 0 unspecified atom stereocenters. The molecule has 1 aromatic carbocycles. The number of nitrogens with one attached hydrogen (secondary N) is 1. The van der Waals surface area contributed by atoms with Crippen molar-refractivity contribution in [2.24, 2.45) is 0 Å². The first kappa shape index (κ1) is 14.8. The summed E-state index contributed by atoms with van der Waals surface area (Å²) in [6.07, 6.45) is 1.88. The number of nitrogens with zero attached hydrogens (tertiary/aromatic N) is 1. The number of aromatic carboxylic acids is 1. The highest BCUT2D eigenvalue weighted by Gasteiger charge is 2.16. The lowest BCUT2D eigenvalue weighted by Gasteiger charge is -2.19. The van der Waals surface area contributed by atoms with E-state index in [4.69, 9.17) is 5.11 Å². The van der Waals surface area contributed by atoms with E-state index in [0.717, 1.165) is 5.57 Å². The molecule has 0 aromatic heterocycles. The molecule has 1 rings (SSSR count). The third kappa shape index (κ3) is 4.13. The summed E-state index contributed by atoms with van der Waals surface area (Å²) in [7, 11) is 1.54. The van der Waals surface area contributed by atoms with E-state index in [1.165, 1.54) is 11.0 Å². The van der Waals surface area contributed by atoms with Crippen LogP contribution >= 0.6 is 0 Å². The van der Waals surface area contributed by atoms with Crippen LogP contribution in [-0.4, -0.2) is 30.7 Å². The van der Waals surface area contributed by atoms with Gasteiger partial charge >= 0.3 is 12.0 Å². The normalized spacial score (nSPS) is 9.63. The summed E-state index contributed by atoms with van der Waals surface area (Å²) in [6, 6.07) is 6.05. The Bertz CT molecular complexity index is 505. The Hall–Kier alpha value is -2.30. The van der Waals surface area contributed by atoms with Crippen LogP contribution < -0.4 is 10.2 Å². The van der Waals surface area contributed by atoms with Gasteiger partial charge in [0.1, 0.15) is 0 Å². The average Bonchev–Trinajstić information content (AvgIpc) is 2.37. The third-order valence-corrected chi connectivity index (χ3v) is 2.56. The molecule has 19 heavy (non-hydrogen) atoms. The highest BCUT2D eigenvalue weighted by Crippen LogP contribution is 2.18. The van der Waals surface area contributed by atoms with Crippen molar-refractivity contribution in [3.05, 3.63) is 41.5 Å². The molecule has 0 heterocycles. The molecule has 0 atom stereocenters. The van der Waals surface area contributed by atoms with Crippen molar-refractivity contribution in [2.75, 3.05) is 18.5 Å². The predicted molar refractivity (Wildman–Crippen MR) is 74.6 cm³/mol. The van der Waals surface area contributed by atoms with Gasteiger partial charge in [-0.3, -0.25) is 4.90 Å². The van der Waals surface area contributed by atoms with Crippen LogP contribution in [0.25, 0.3) is 0 Å². The Balaban J connectivity index is 2.82. The zero-order chi connectivity index (χ0) is 14.4. The molecule has 2 N–H and O–H groups in total. The third-order valence-electron chi connectivity index (χ3n) is 2.56. The van der Waals surface area contributed by atoms with Gasteiger partial charge in [0, 0.05) is 13.6 Å². The monoisotopic (exact) mass is 262 g/mol. The van der Waals surface area contributed by atoms with Crippen LogP contribution in [-0.2, 0) is 0 Å². The van der Waals surface area contributed by atoms with Gasteiger partial charge in [-0.15, -0.1) is 0 Å². The van der Waals surface area contributed by atoms with E-state index in [0.29, 0.717) is 12.2 Å². The number of carboxylic acids is 1. The van der Waals surface area contributed by atoms with Crippen LogP contribution in [0, 0.1) is 0 Å². The standard InChI is InChI=1S/C14H18N2O3/c1-10(2)8-9-15-14(19)16(3)12-7-5-4-6-11(12)13(17)18/h4-8H,9H2,1-3H3,(H,15,19)(H,17,18). The summed E-state index contributed by atoms with van der Waals surface area (Å²) in [5, 5.41) is 11.8. The lowest BCUT2D eigenvalue weighted by Crippen LogP contribution is -2.38. The quantitative estimate of drug-likeness (QED) is 0.819. The van der Waals surface area contributed by atoms with Crippen molar-refractivity contribution in [2.45, 2.75) is 13.8 Å². The van der Waals surface area contributed by atoms with Gasteiger partial charge in [-0.05, 0) is 26.0 Å². The molecule has 0 aliphatic heterocycles. The minimum Gasteiger partial charge on any atom is -0.478 e. The highest BCUT2D eigenvalue weighted by atomic mass is 16.4. The predicted octanol–water partition coefficient (Wildman–Crippen LogP) is 2.50. The molecule has 0 spiro atoms. The Kier molecular flexibility index (Phi) is 5.11. The van der Waals surface area contributed by atoms with Crippen LogP contribution in [0.5, 0.6) is 0 Å². The van der Waals surface area contributed by atoms with Crippen molar-refractivity contribution < 1.29 is 14.7 Å². The number of hydrogen-bond acceptors (Lipinski definition) is 2. The van der Waals surface area contributed by atoms with E-state index in [1.54, 1.807) is 25.2 Å². The number of urea groups is 1. The molecular formula is C14H18N2O3. The lowest BCUT2D eigenvalue weighted by molar-refractivity contribution is 0.0697. The van der Waals surface area contributed by atoms with Crippen LogP contribution in [0.2, 0.25) is 0 Å². The average molecular weight is 262 g/mol. The van der Waals surface area contributed by atoms with Gasteiger partial charge < -0.3 is 10.4 Å². The molecule has 2 amide bonds. The van der Waals surface area contributed by atoms with Crippen molar-refractivity contribution >= 4 is 17.7 Å². The van der Waals surface area contributed by atoms with Gasteiger partial charge in [0.15, 0.2) is 0 Å². The molecule has 102 valence electrons. The van der Waals surface area contributed by atoms with E-state index in [1.807, 2.05) is 19.9 Å². The van der Waals surface area contributed by atoms with Gasteiger partial charge in [-0.1, -0.05) is 23.8 Å². The van der Waals surface area contributed by atoms with Gasteiger partial charge in [0.05, 0.1) is 11.3 Å². The van der Waals surface area contributed by atoms with Crippen LogP contribution in [0.1, 0.15) is 24.2 Å². The van der Waals surface area contributed by atoms with E-state index in [9.17, 15) is 9.59 Å². The maximum absolute atomic E-state index is 11.9. The summed E-state index contributed by atoms with van der Waals surface area (Å²) in [5.41, 5.74) is 1.57. The lowest BCUT2D eigenvalue weighted by atomic mass is 10.1. The van der Waals surface area contributed by atoms with E-state index in [2.05, 4.69) is 5.32 Å². The number of carbonyl (C=O) groups excluding carboxylic acids is 1.